The van der Waals surface area contributed by atoms with Gasteiger partial charge in [0.25, 0.3) is 0 Å². The highest BCUT2D eigenvalue weighted by atomic mass is 79.9. The lowest BCUT2D eigenvalue weighted by atomic mass is 10.2. The Hall–Kier alpha value is -1.06. The molecule has 0 spiro atoms. The van der Waals surface area contributed by atoms with Crippen molar-refractivity contribution in [2.75, 3.05) is 11.1 Å². The number of hydrazine groups is 1. The molecule has 3 N–H and O–H groups in total. The van der Waals surface area contributed by atoms with Crippen LogP contribution in [0.1, 0.15) is 5.56 Å². The molecule has 4 nitrogen and oxygen atoms in total. The number of nitrogens with one attached hydrogen (secondary N) is 3. The van der Waals surface area contributed by atoms with Gasteiger partial charge in [0, 0.05) is 15.2 Å². The van der Waals surface area contributed by atoms with E-state index >= 15 is 0 Å². The molecule has 0 fully saturated rings. The van der Waals surface area contributed by atoms with E-state index in [1.165, 1.54) is 23.9 Å². The van der Waals surface area contributed by atoms with Gasteiger partial charge < -0.3 is 5.32 Å². The van der Waals surface area contributed by atoms with Gasteiger partial charge in [-0.15, -0.1) is 11.8 Å². The van der Waals surface area contributed by atoms with E-state index in [2.05, 4.69) is 32.1 Å². The molecule has 0 unspecified atom stereocenters. The summed E-state index contributed by atoms with van der Waals surface area (Å²) in [6, 6.07) is 9.47. The van der Waals surface area contributed by atoms with Gasteiger partial charge in [-0.2, -0.15) is 0 Å². The molecule has 2 rings (SSSR count). The van der Waals surface area contributed by atoms with Gasteiger partial charge in [-0.3, -0.25) is 15.6 Å². The topological polar surface area (TPSA) is 53.2 Å². The minimum Gasteiger partial charge on any atom is -0.330 e. The lowest BCUT2D eigenvalue weighted by Crippen LogP contribution is -2.44. The molecule has 0 atom stereocenters. The molecule has 10 heteroatoms. The quantitative estimate of drug-likeness (QED) is 0.395. The molecule has 138 valence electrons. The van der Waals surface area contributed by atoms with Crippen LogP contribution in [-0.2, 0) is 10.5 Å². The van der Waals surface area contributed by atoms with Crippen molar-refractivity contribution in [2.24, 2.45) is 0 Å². The van der Waals surface area contributed by atoms with E-state index < -0.39 is 5.82 Å². The summed E-state index contributed by atoms with van der Waals surface area (Å²) in [5.74, 6) is 0.0170. The number of hydrogen-bond acceptors (Lipinski definition) is 3. The fourth-order valence-corrected chi connectivity index (χ4v) is 3.83. The van der Waals surface area contributed by atoms with Gasteiger partial charge in [-0.25, -0.2) is 4.39 Å². The third kappa shape index (κ3) is 6.92. The molecule has 0 saturated heterocycles. The first-order valence-corrected chi connectivity index (χ1v) is 10.3. The molecule has 0 aliphatic carbocycles. The lowest BCUT2D eigenvalue weighted by Gasteiger charge is -2.12. The lowest BCUT2D eigenvalue weighted by molar-refractivity contribution is -0.119. The number of carbonyl (C=O) groups is 1. The molecule has 0 saturated carbocycles. The Bertz CT molecular complexity index is 826. The molecule has 2 aromatic carbocycles. The fourth-order valence-electron chi connectivity index (χ4n) is 1.80. The zero-order valence-corrected chi connectivity index (χ0v) is 17.8. The van der Waals surface area contributed by atoms with Crippen LogP contribution < -0.4 is 16.2 Å². The van der Waals surface area contributed by atoms with E-state index in [0.717, 1.165) is 10.0 Å². The maximum atomic E-state index is 13.0. The third-order valence-corrected chi connectivity index (χ3v) is 5.34. The number of rotatable bonds is 5. The van der Waals surface area contributed by atoms with E-state index in [4.69, 9.17) is 35.4 Å². The van der Waals surface area contributed by atoms with Crippen LogP contribution in [0.5, 0.6) is 0 Å². The molecule has 0 aromatic heterocycles. The Labute approximate surface area is 178 Å². The second-order valence-electron chi connectivity index (χ2n) is 4.98. The summed E-state index contributed by atoms with van der Waals surface area (Å²) >= 11 is 21.8. The van der Waals surface area contributed by atoms with Crippen molar-refractivity contribution in [3.63, 3.8) is 0 Å². The first-order chi connectivity index (χ1) is 12.3. The number of halogens is 4. The number of amides is 1. The largest absolute Gasteiger partial charge is 0.330 e. The Balaban J connectivity index is 1.71. The number of thioether (sulfide) groups is 1. The second-order valence-corrected chi connectivity index (χ2v) is 8.10. The molecule has 2 aromatic rings. The van der Waals surface area contributed by atoms with E-state index in [9.17, 15) is 9.18 Å². The SMILES string of the molecule is O=C(CSCc1ccc(F)cc1Cl)NNC(=S)Nc1ccc(Br)cc1Cl. The minimum atomic E-state index is -0.391. The zero-order chi connectivity index (χ0) is 19.1. The number of anilines is 1. The Morgan fingerprint density at radius 2 is 1.92 bits per heavy atom. The maximum absolute atomic E-state index is 13.0. The fraction of sp³-hybridized carbons (Fsp3) is 0.125. The Kier molecular flexibility index (Phi) is 8.43. The first-order valence-electron chi connectivity index (χ1n) is 7.17. The van der Waals surface area contributed by atoms with Gasteiger partial charge in [0.15, 0.2) is 5.11 Å². The average molecular weight is 497 g/mol. The zero-order valence-electron chi connectivity index (χ0n) is 13.1. The molecule has 0 aliphatic heterocycles. The minimum absolute atomic E-state index is 0.183. The predicted octanol–water partition coefficient (Wildman–Crippen LogP) is 5.15. The first kappa shape index (κ1) is 21.2. The van der Waals surface area contributed by atoms with Gasteiger partial charge in [-0.1, -0.05) is 45.2 Å². The van der Waals surface area contributed by atoms with Gasteiger partial charge in [0.2, 0.25) is 5.91 Å². The van der Waals surface area contributed by atoms with Crippen LogP contribution in [0, 0.1) is 5.82 Å². The normalized spacial score (nSPS) is 10.3. The monoisotopic (exact) mass is 495 g/mol. The average Bonchev–Trinajstić information content (AvgIpc) is 2.57. The summed E-state index contributed by atoms with van der Waals surface area (Å²) in [6.45, 7) is 0. The van der Waals surface area contributed by atoms with Crippen molar-refractivity contribution in [3.8, 4) is 0 Å². The van der Waals surface area contributed by atoms with Crippen molar-refractivity contribution in [1.82, 2.24) is 10.9 Å². The molecule has 0 heterocycles. The summed E-state index contributed by atoms with van der Waals surface area (Å²) in [6.07, 6.45) is 0. The van der Waals surface area contributed by atoms with Gasteiger partial charge in [0.1, 0.15) is 5.82 Å². The summed E-state index contributed by atoms with van der Waals surface area (Å²) in [7, 11) is 0. The van der Waals surface area contributed by atoms with Crippen LogP contribution in [0.2, 0.25) is 10.0 Å². The Morgan fingerprint density at radius 3 is 2.62 bits per heavy atom. The van der Waals surface area contributed by atoms with Crippen LogP contribution in [0.3, 0.4) is 0 Å². The molecule has 0 bridgehead atoms. The van der Waals surface area contributed by atoms with Crippen molar-refractivity contribution in [2.45, 2.75) is 5.75 Å². The number of carbonyl (C=O) groups excluding carboxylic acids is 1. The maximum Gasteiger partial charge on any atom is 0.248 e. The third-order valence-electron chi connectivity index (χ3n) is 3.00. The molecule has 0 aliphatic rings. The highest BCUT2D eigenvalue weighted by molar-refractivity contribution is 9.10. The van der Waals surface area contributed by atoms with Crippen LogP contribution >= 0.6 is 63.1 Å². The summed E-state index contributed by atoms with van der Waals surface area (Å²) in [4.78, 5) is 11.8. The number of benzene rings is 2. The smallest absolute Gasteiger partial charge is 0.248 e. The van der Waals surface area contributed by atoms with Crippen LogP contribution in [-0.4, -0.2) is 16.8 Å². The van der Waals surface area contributed by atoms with Crippen LogP contribution in [0.25, 0.3) is 0 Å². The standard InChI is InChI=1S/C16H13BrCl2FN3OS2/c17-10-2-4-14(13(19)5-10)21-16(25)23-22-15(24)8-26-7-9-1-3-11(20)6-12(9)18/h1-6H,7-8H2,(H,22,24)(H2,21,23,25). The molecule has 0 radical (unpaired) electrons. The summed E-state index contributed by atoms with van der Waals surface area (Å²) in [5, 5.41) is 3.91. The summed E-state index contributed by atoms with van der Waals surface area (Å²) in [5.41, 5.74) is 6.46. The van der Waals surface area contributed by atoms with E-state index in [0.29, 0.717) is 21.5 Å². The van der Waals surface area contributed by atoms with Crippen molar-refractivity contribution < 1.29 is 9.18 Å². The molecular formula is C16H13BrCl2FN3OS2. The van der Waals surface area contributed by atoms with Gasteiger partial charge in [0.05, 0.1) is 16.5 Å². The van der Waals surface area contributed by atoms with E-state index in [1.54, 1.807) is 18.2 Å². The van der Waals surface area contributed by atoms with Crippen molar-refractivity contribution in [1.29, 1.82) is 0 Å². The number of thiocarbonyl (C=S) groups is 1. The molecular weight excluding hydrogens is 484 g/mol. The van der Waals surface area contributed by atoms with Crippen LogP contribution in [0.4, 0.5) is 10.1 Å². The molecule has 26 heavy (non-hydrogen) atoms. The predicted molar refractivity (Wildman–Crippen MR) is 114 cm³/mol. The summed E-state index contributed by atoms with van der Waals surface area (Å²) < 4.78 is 13.8. The van der Waals surface area contributed by atoms with Gasteiger partial charge in [-0.05, 0) is 48.1 Å². The highest BCUT2D eigenvalue weighted by Gasteiger charge is 2.07. The van der Waals surface area contributed by atoms with E-state index in [1.807, 2.05) is 6.07 Å². The van der Waals surface area contributed by atoms with Crippen molar-refractivity contribution in [3.05, 3.63) is 62.3 Å². The Morgan fingerprint density at radius 1 is 1.15 bits per heavy atom. The second kappa shape index (κ2) is 10.3. The van der Waals surface area contributed by atoms with Gasteiger partial charge >= 0.3 is 0 Å². The highest BCUT2D eigenvalue weighted by Crippen LogP contribution is 2.25. The number of hydrogen-bond donors (Lipinski definition) is 3. The van der Waals surface area contributed by atoms with Crippen molar-refractivity contribution >= 4 is 79.8 Å². The molecule has 1 amide bonds. The van der Waals surface area contributed by atoms with E-state index in [-0.39, 0.29) is 16.8 Å². The van der Waals surface area contributed by atoms with Crippen LogP contribution in [0.15, 0.2) is 40.9 Å².